The average Bonchev–Trinajstić information content (AvgIpc) is 3.17. The van der Waals surface area contributed by atoms with Gasteiger partial charge in [0.25, 0.3) is 0 Å². The minimum absolute atomic E-state index is 0.0573. The van der Waals surface area contributed by atoms with Crippen molar-refractivity contribution in [1.82, 2.24) is 4.90 Å². The number of aryl methyl sites for hydroxylation is 1. The van der Waals surface area contributed by atoms with Crippen molar-refractivity contribution in [2.75, 3.05) is 33.0 Å². The molecule has 1 amide bonds. The zero-order chi connectivity index (χ0) is 19.5. The molecule has 2 aliphatic rings. The Labute approximate surface area is 170 Å². The third kappa shape index (κ3) is 4.45. The van der Waals surface area contributed by atoms with Crippen LogP contribution in [0.15, 0.2) is 47.4 Å². The second-order valence-electron chi connectivity index (χ2n) is 7.51. The molecule has 0 spiro atoms. The molecule has 1 saturated heterocycles. The highest BCUT2D eigenvalue weighted by Crippen LogP contribution is 2.32. The number of benzene rings is 2. The van der Waals surface area contributed by atoms with Gasteiger partial charge in [0.05, 0.1) is 31.4 Å². The first-order valence-electron chi connectivity index (χ1n) is 9.83. The molecular formula is C22H27N2O3S+. The molecule has 148 valence electrons. The number of piperazine rings is 1. The van der Waals surface area contributed by atoms with Crippen LogP contribution < -0.4 is 14.4 Å². The maximum Gasteiger partial charge on any atom is 0.236 e. The minimum atomic E-state index is -0.0573. The van der Waals surface area contributed by atoms with E-state index in [4.69, 9.17) is 9.47 Å². The number of hydrogen-bond donors (Lipinski definition) is 1. The Hall–Kier alpha value is -2.18. The molecule has 0 bridgehead atoms. The summed E-state index contributed by atoms with van der Waals surface area (Å²) in [7, 11) is 0. The smallest absolute Gasteiger partial charge is 0.236 e. The standard InChI is InChI=1S/C22H26N2O3S/c1-16-3-6-19(7-4-16)28-17(2)22(25)24-11-9-23(10-12-24)14-18-5-8-20-21(13-18)27-15-26-20/h3-8,13,17H,9-12,14-15H2,1-2H3/p+1/t17-/m1/s1. The lowest BCUT2D eigenvalue weighted by molar-refractivity contribution is -0.917. The molecule has 5 nitrogen and oxygen atoms in total. The van der Waals surface area contributed by atoms with Crippen LogP contribution in [0.4, 0.5) is 0 Å². The lowest BCUT2D eigenvalue weighted by atomic mass is 10.1. The van der Waals surface area contributed by atoms with E-state index in [0.29, 0.717) is 6.79 Å². The Bertz CT molecular complexity index is 832. The molecule has 6 heteroatoms. The van der Waals surface area contributed by atoms with E-state index in [1.54, 1.807) is 11.8 Å². The van der Waals surface area contributed by atoms with Gasteiger partial charge in [-0.05, 0) is 44.2 Å². The Morgan fingerprint density at radius 1 is 1.11 bits per heavy atom. The van der Waals surface area contributed by atoms with Crippen molar-refractivity contribution in [1.29, 1.82) is 0 Å². The summed E-state index contributed by atoms with van der Waals surface area (Å²) in [5.74, 6) is 1.91. The number of quaternary nitrogens is 1. The molecule has 28 heavy (non-hydrogen) atoms. The summed E-state index contributed by atoms with van der Waals surface area (Å²) < 4.78 is 10.9. The molecule has 0 aliphatic carbocycles. The fraction of sp³-hybridized carbons (Fsp3) is 0.409. The van der Waals surface area contributed by atoms with Crippen molar-refractivity contribution >= 4 is 17.7 Å². The number of nitrogens with zero attached hydrogens (tertiary/aromatic N) is 1. The van der Waals surface area contributed by atoms with Gasteiger partial charge in [0.15, 0.2) is 11.5 Å². The number of amides is 1. The maximum atomic E-state index is 12.8. The van der Waals surface area contributed by atoms with E-state index >= 15 is 0 Å². The molecule has 0 unspecified atom stereocenters. The zero-order valence-electron chi connectivity index (χ0n) is 16.4. The van der Waals surface area contributed by atoms with Gasteiger partial charge in [0.1, 0.15) is 6.54 Å². The molecule has 2 heterocycles. The topological polar surface area (TPSA) is 43.2 Å². The van der Waals surface area contributed by atoms with Crippen molar-refractivity contribution in [3.63, 3.8) is 0 Å². The molecule has 0 saturated carbocycles. The first-order chi connectivity index (χ1) is 13.6. The second kappa shape index (κ2) is 8.45. The third-order valence-electron chi connectivity index (χ3n) is 5.35. The molecule has 0 radical (unpaired) electrons. The Morgan fingerprint density at radius 2 is 1.82 bits per heavy atom. The number of ether oxygens (including phenoxy) is 2. The lowest BCUT2D eigenvalue weighted by Gasteiger charge is -2.33. The number of carbonyl (C=O) groups excluding carboxylic acids is 1. The quantitative estimate of drug-likeness (QED) is 0.783. The van der Waals surface area contributed by atoms with Crippen LogP contribution >= 0.6 is 11.8 Å². The molecule has 0 aromatic heterocycles. The maximum absolute atomic E-state index is 12.8. The van der Waals surface area contributed by atoms with Crippen LogP contribution in [0.3, 0.4) is 0 Å². The predicted octanol–water partition coefficient (Wildman–Crippen LogP) is 2.13. The fourth-order valence-electron chi connectivity index (χ4n) is 3.69. The minimum Gasteiger partial charge on any atom is -0.454 e. The molecule has 1 N–H and O–H groups in total. The van der Waals surface area contributed by atoms with Gasteiger partial charge in [-0.15, -0.1) is 11.8 Å². The van der Waals surface area contributed by atoms with Gasteiger partial charge in [0, 0.05) is 10.5 Å². The largest absolute Gasteiger partial charge is 0.454 e. The summed E-state index contributed by atoms with van der Waals surface area (Å²) in [4.78, 5) is 17.5. The zero-order valence-corrected chi connectivity index (χ0v) is 17.3. The molecule has 1 fully saturated rings. The summed E-state index contributed by atoms with van der Waals surface area (Å²) in [5.41, 5.74) is 2.49. The number of carbonyl (C=O) groups is 1. The van der Waals surface area contributed by atoms with Crippen LogP contribution in [0.1, 0.15) is 18.1 Å². The highest BCUT2D eigenvalue weighted by Gasteiger charge is 2.27. The van der Waals surface area contributed by atoms with E-state index in [1.807, 2.05) is 17.9 Å². The second-order valence-corrected chi connectivity index (χ2v) is 8.93. The van der Waals surface area contributed by atoms with Crippen molar-refractivity contribution < 1.29 is 19.2 Å². The third-order valence-corrected chi connectivity index (χ3v) is 6.45. The molecule has 2 aliphatic heterocycles. The summed E-state index contributed by atoms with van der Waals surface area (Å²) in [6.07, 6.45) is 0. The van der Waals surface area contributed by atoms with E-state index in [2.05, 4.69) is 43.3 Å². The van der Waals surface area contributed by atoms with Crippen molar-refractivity contribution in [3.8, 4) is 11.5 Å². The SMILES string of the molecule is Cc1ccc(S[C@H](C)C(=O)N2CC[NH+](Cc3ccc4c(c3)OCO4)CC2)cc1. The number of hydrogen-bond acceptors (Lipinski definition) is 4. The summed E-state index contributed by atoms with van der Waals surface area (Å²) in [6.45, 7) is 8.93. The fourth-order valence-corrected chi connectivity index (χ4v) is 4.64. The van der Waals surface area contributed by atoms with E-state index in [0.717, 1.165) is 49.1 Å². The van der Waals surface area contributed by atoms with Gasteiger partial charge in [-0.2, -0.15) is 0 Å². The van der Waals surface area contributed by atoms with Crippen LogP contribution in [-0.4, -0.2) is 49.0 Å². The molecule has 4 rings (SSSR count). The number of rotatable bonds is 5. The predicted molar refractivity (Wildman–Crippen MR) is 110 cm³/mol. The van der Waals surface area contributed by atoms with Gasteiger partial charge >= 0.3 is 0 Å². The van der Waals surface area contributed by atoms with Crippen LogP contribution in [-0.2, 0) is 11.3 Å². The summed E-state index contributed by atoms with van der Waals surface area (Å²) >= 11 is 1.65. The first kappa shape index (κ1) is 19.2. The lowest BCUT2D eigenvalue weighted by Crippen LogP contribution is -3.13. The molecular weight excluding hydrogens is 372 g/mol. The first-order valence-corrected chi connectivity index (χ1v) is 10.7. The highest BCUT2D eigenvalue weighted by molar-refractivity contribution is 8.00. The van der Waals surface area contributed by atoms with Crippen molar-refractivity contribution in [2.45, 2.75) is 30.5 Å². The molecule has 1 atom stereocenters. The van der Waals surface area contributed by atoms with Gasteiger partial charge in [-0.3, -0.25) is 4.79 Å². The normalized spacial score (nSPS) is 17.6. The molecule has 2 aromatic carbocycles. The Kier molecular flexibility index (Phi) is 5.78. The van der Waals surface area contributed by atoms with E-state index in [9.17, 15) is 4.79 Å². The number of thioether (sulfide) groups is 1. The van der Waals surface area contributed by atoms with Crippen LogP contribution in [0.5, 0.6) is 11.5 Å². The van der Waals surface area contributed by atoms with Gasteiger partial charge in [-0.25, -0.2) is 0 Å². The van der Waals surface area contributed by atoms with E-state index in [-0.39, 0.29) is 11.2 Å². The van der Waals surface area contributed by atoms with Crippen LogP contribution in [0, 0.1) is 6.92 Å². The van der Waals surface area contributed by atoms with Gasteiger partial charge in [0.2, 0.25) is 12.7 Å². The van der Waals surface area contributed by atoms with E-state index in [1.165, 1.54) is 16.0 Å². The van der Waals surface area contributed by atoms with Gasteiger partial charge in [-0.1, -0.05) is 17.7 Å². The van der Waals surface area contributed by atoms with E-state index < -0.39 is 0 Å². The van der Waals surface area contributed by atoms with Gasteiger partial charge < -0.3 is 19.3 Å². The van der Waals surface area contributed by atoms with Crippen LogP contribution in [0.25, 0.3) is 0 Å². The van der Waals surface area contributed by atoms with Crippen molar-refractivity contribution in [2.24, 2.45) is 0 Å². The summed E-state index contributed by atoms with van der Waals surface area (Å²) in [5, 5.41) is -0.0573. The van der Waals surface area contributed by atoms with Crippen LogP contribution in [0.2, 0.25) is 0 Å². The molecule has 2 aromatic rings. The monoisotopic (exact) mass is 399 g/mol. The number of nitrogens with one attached hydrogen (secondary N) is 1. The summed E-state index contributed by atoms with van der Waals surface area (Å²) in [6, 6.07) is 14.6. The van der Waals surface area contributed by atoms with Crippen molar-refractivity contribution in [3.05, 3.63) is 53.6 Å². The Balaban J connectivity index is 1.27. The Morgan fingerprint density at radius 3 is 2.57 bits per heavy atom. The highest BCUT2D eigenvalue weighted by atomic mass is 32.2. The number of fused-ring (bicyclic) bond motifs is 1. The average molecular weight is 400 g/mol.